The van der Waals surface area contributed by atoms with Crippen molar-refractivity contribution in [1.29, 1.82) is 0 Å². The molecule has 100 valence electrons. The molecule has 0 saturated heterocycles. The first-order valence-corrected chi connectivity index (χ1v) is 9.92. The second-order valence-electron chi connectivity index (χ2n) is 3.87. The molecular weight excluding hydrogens is 363 g/mol. The van der Waals surface area contributed by atoms with Crippen molar-refractivity contribution in [2.24, 2.45) is 0 Å². The molecule has 0 atom stereocenters. The first-order chi connectivity index (χ1) is 8.51. The topological polar surface area (TPSA) is 43.4 Å². The zero-order valence-electron chi connectivity index (χ0n) is 10.6. The summed E-state index contributed by atoms with van der Waals surface area (Å²) >= 11 is -0.337. The molecule has 0 radical (unpaired) electrons. The maximum Gasteiger partial charge on any atom is 0.353 e. The van der Waals surface area contributed by atoms with E-state index in [4.69, 9.17) is 4.18 Å². The van der Waals surface area contributed by atoms with Crippen molar-refractivity contribution in [1.82, 2.24) is 0 Å². The van der Waals surface area contributed by atoms with E-state index in [-0.39, 0.29) is 21.2 Å². The molecule has 0 heterocycles. The molecule has 0 aliphatic heterocycles. The summed E-state index contributed by atoms with van der Waals surface area (Å²) in [6, 6.07) is 10.1. The summed E-state index contributed by atoms with van der Waals surface area (Å²) in [5.74, 6) is 0.594. The fourth-order valence-corrected chi connectivity index (χ4v) is 3.94. The molecule has 5 heteroatoms. The Morgan fingerprint density at radius 3 is 2.56 bits per heavy atom. The van der Waals surface area contributed by atoms with Crippen LogP contribution in [0.5, 0.6) is 0 Å². The Balaban J connectivity index is 2.69. The van der Waals surface area contributed by atoms with Gasteiger partial charge in [0.25, 0.3) is 0 Å². The number of unbranched alkanes of at least 4 members (excludes halogenated alkanes) is 1. The number of hydrogen-bond donors (Lipinski definition) is 0. The van der Waals surface area contributed by atoms with Crippen LogP contribution in [0.25, 0.3) is 0 Å². The second-order valence-corrected chi connectivity index (χ2v) is 7.94. The van der Waals surface area contributed by atoms with Crippen LogP contribution in [0.3, 0.4) is 0 Å². The lowest BCUT2D eigenvalue weighted by atomic mass is 10.2. The molecule has 0 aromatic heterocycles. The minimum absolute atomic E-state index is 0.337. The Kier molecular flexibility index (Phi) is 6.70. The molecule has 0 saturated carbocycles. The fraction of sp³-hybridized carbons (Fsp3) is 0.385. The Morgan fingerprint density at radius 1 is 1.33 bits per heavy atom. The zero-order valence-corrected chi connectivity index (χ0v) is 13.6. The minimum atomic E-state index is -3.41. The first-order valence-electron chi connectivity index (χ1n) is 5.78. The number of hydrogen-bond acceptors (Lipinski definition) is 3. The molecule has 1 aromatic rings. The molecule has 0 N–H and O–H groups in total. The third kappa shape index (κ3) is 7.00. The van der Waals surface area contributed by atoms with Gasteiger partial charge in [-0.25, -0.2) is 0 Å². The van der Waals surface area contributed by atoms with Crippen molar-refractivity contribution in [3.05, 3.63) is 43.7 Å². The highest BCUT2D eigenvalue weighted by atomic mass is 127. The van der Waals surface area contributed by atoms with Crippen molar-refractivity contribution in [2.45, 2.75) is 26.2 Å². The van der Waals surface area contributed by atoms with Gasteiger partial charge in [0.05, 0.1) is 6.26 Å². The zero-order chi connectivity index (χ0) is 13.4. The van der Waals surface area contributed by atoms with Crippen molar-refractivity contribution >= 4 is 10.1 Å². The molecule has 1 aromatic carbocycles. The minimum Gasteiger partial charge on any atom is -0.383 e. The van der Waals surface area contributed by atoms with E-state index in [1.165, 1.54) is 3.57 Å². The van der Waals surface area contributed by atoms with E-state index in [0.717, 1.165) is 19.1 Å². The lowest BCUT2D eigenvalue weighted by Crippen LogP contribution is -3.59. The van der Waals surface area contributed by atoms with Crippen LogP contribution in [0.4, 0.5) is 0 Å². The Labute approximate surface area is 120 Å². The van der Waals surface area contributed by atoms with Gasteiger partial charge < -0.3 is 4.18 Å². The molecular formula is C13H18IO3S+. The van der Waals surface area contributed by atoms with Gasteiger partial charge in [-0.2, -0.15) is 8.42 Å². The summed E-state index contributed by atoms with van der Waals surface area (Å²) in [6.45, 7) is 2.07. The molecule has 0 fully saturated rings. The average molecular weight is 381 g/mol. The summed E-state index contributed by atoms with van der Waals surface area (Å²) in [5, 5.41) is 0. The van der Waals surface area contributed by atoms with E-state index in [1.54, 1.807) is 0 Å². The second kappa shape index (κ2) is 7.78. The van der Waals surface area contributed by atoms with Gasteiger partial charge in [0.2, 0.25) is 0 Å². The number of benzene rings is 1. The van der Waals surface area contributed by atoms with Gasteiger partial charge in [-0.1, -0.05) is 31.5 Å². The van der Waals surface area contributed by atoms with Gasteiger partial charge in [0, 0.05) is 6.42 Å². The fourth-order valence-electron chi connectivity index (χ4n) is 1.27. The third-order valence-electron chi connectivity index (χ3n) is 2.07. The normalized spacial score (nSPS) is 12.4. The molecule has 0 aliphatic rings. The van der Waals surface area contributed by atoms with Crippen molar-refractivity contribution < 1.29 is 33.8 Å². The third-order valence-corrected chi connectivity index (χ3v) is 5.03. The van der Waals surface area contributed by atoms with Crippen LogP contribution in [0.2, 0.25) is 0 Å². The van der Waals surface area contributed by atoms with Crippen LogP contribution in [-0.4, -0.2) is 14.7 Å². The van der Waals surface area contributed by atoms with Gasteiger partial charge >= 0.3 is 31.3 Å². The summed E-state index contributed by atoms with van der Waals surface area (Å²) in [7, 11) is -3.41. The van der Waals surface area contributed by atoms with Crippen LogP contribution in [0.15, 0.2) is 40.2 Å². The van der Waals surface area contributed by atoms with Crippen molar-refractivity contribution in [3.8, 4) is 0 Å². The molecule has 18 heavy (non-hydrogen) atoms. The SMILES string of the molecule is CCCC/C(=C\[I+]c1ccccc1)OS(C)(=O)=O. The van der Waals surface area contributed by atoms with Gasteiger partial charge in [-0.15, -0.1) is 0 Å². The Hall–Kier alpha value is -0.560. The van der Waals surface area contributed by atoms with Crippen LogP contribution in [-0.2, 0) is 14.3 Å². The molecule has 0 amide bonds. The van der Waals surface area contributed by atoms with Gasteiger partial charge in [-0.05, 0) is 18.6 Å². The van der Waals surface area contributed by atoms with Gasteiger partial charge in [-0.3, -0.25) is 0 Å². The smallest absolute Gasteiger partial charge is 0.353 e. The maximum atomic E-state index is 11.2. The first kappa shape index (κ1) is 15.5. The highest BCUT2D eigenvalue weighted by Crippen LogP contribution is 2.09. The van der Waals surface area contributed by atoms with E-state index in [9.17, 15) is 8.42 Å². The number of halogens is 1. The predicted octanol–water partition coefficient (Wildman–Crippen LogP) is -0.0470. The largest absolute Gasteiger partial charge is 0.383 e. The van der Waals surface area contributed by atoms with E-state index < -0.39 is 10.1 Å². The van der Waals surface area contributed by atoms with Crippen LogP contribution >= 0.6 is 0 Å². The van der Waals surface area contributed by atoms with Crippen LogP contribution < -0.4 is 21.2 Å². The quantitative estimate of drug-likeness (QED) is 0.378. The van der Waals surface area contributed by atoms with E-state index in [0.29, 0.717) is 12.2 Å². The lowest BCUT2D eigenvalue weighted by molar-refractivity contribution is -0.558. The molecule has 1 rings (SSSR count). The summed E-state index contributed by atoms with van der Waals surface area (Å²) in [5.41, 5.74) is 0. The molecule has 0 spiro atoms. The summed E-state index contributed by atoms with van der Waals surface area (Å²) in [4.78, 5) is 0. The van der Waals surface area contributed by atoms with E-state index in [1.807, 2.05) is 22.3 Å². The highest BCUT2D eigenvalue weighted by Gasteiger charge is 2.14. The molecule has 0 bridgehead atoms. The van der Waals surface area contributed by atoms with Crippen LogP contribution in [0.1, 0.15) is 26.2 Å². The van der Waals surface area contributed by atoms with Crippen molar-refractivity contribution in [2.75, 3.05) is 6.26 Å². The molecule has 0 aliphatic carbocycles. The molecule has 0 unspecified atom stereocenters. The molecule has 3 nitrogen and oxygen atoms in total. The number of rotatable bonds is 7. The Bertz CT molecular complexity index is 480. The predicted molar refractivity (Wildman–Crippen MR) is 68.7 cm³/mol. The van der Waals surface area contributed by atoms with Gasteiger partial charge in [0.1, 0.15) is 0 Å². The van der Waals surface area contributed by atoms with Crippen molar-refractivity contribution in [3.63, 3.8) is 0 Å². The van der Waals surface area contributed by atoms with Gasteiger partial charge in [0.15, 0.2) is 13.4 Å². The summed E-state index contributed by atoms with van der Waals surface area (Å²) in [6.07, 6.45) is 3.75. The summed E-state index contributed by atoms with van der Waals surface area (Å²) < 4.78 is 30.6. The maximum absolute atomic E-state index is 11.2. The average Bonchev–Trinajstić information content (AvgIpc) is 2.32. The Morgan fingerprint density at radius 2 is 2.00 bits per heavy atom. The van der Waals surface area contributed by atoms with E-state index in [2.05, 4.69) is 19.1 Å². The number of allylic oxidation sites excluding steroid dienone is 1. The van der Waals surface area contributed by atoms with E-state index >= 15 is 0 Å². The lowest BCUT2D eigenvalue weighted by Gasteiger charge is -2.03. The van der Waals surface area contributed by atoms with Crippen LogP contribution in [0, 0.1) is 3.57 Å². The standard InChI is InChI=1S/C13H18IO3S/c1-3-4-10-13(17-18(2,15)16)11-14-12-8-6-5-7-9-12/h5-9,11H,3-4,10H2,1-2H3/q+1/b13-11+. The monoisotopic (exact) mass is 381 g/mol. The highest BCUT2D eigenvalue weighted by molar-refractivity contribution is 7.86.